The summed E-state index contributed by atoms with van der Waals surface area (Å²) in [6.07, 6.45) is 5.64. The van der Waals surface area contributed by atoms with E-state index in [1.807, 2.05) is 0 Å². The highest BCUT2D eigenvalue weighted by Gasteiger charge is 2.17. The van der Waals surface area contributed by atoms with Crippen LogP contribution in [-0.4, -0.2) is 18.4 Å². The molecule has 0 bridgehead atoms. The average Bonchev–Trinajstić information content (AvgIpc) is 2.05. The molecule has 58 valence electrons. The smallest absolute Gasteiger partial charge is 0.136 e. The fraction of sp³-hybridized carbons (Fsp3) is 0.875. The van der Waals surface area contributed by atoms with Gasteiger partial charge in [0.15, 0.2) is 0 Å². The van der Waals surface area contributed by atoms with Crippen molar-refractivity contribution in [3.05, 3.63) is 0 Å². The van der Waals surface area contributed by atoms with Gasteiger partial charge in [0.05, 0.1) is 6.04 Å². The number of carbonyl (C=O) groups is 1. The van der Waals surface area contributed by atoms with Gasteiger partial charge in [-0.3, -0.25) is 0 Å². The van der Waals surface area contributed by atoms with Crippen molar-refractivity contribution in [1.82, 2.24) is 5.32 Å². The molecule has 1 rings (SSSR count). The van der Waals surface area contributed by atoms with Gasteiger partial charge in [-0.1, -0.05) is 6.92 Å². The molecule has 0 aromatic carbocycles. The molecule has 0 spiro atoms. The van der Waals surface area contributed by atoms with E-state index in [9.17, 15) is 4.79 Å². The van der Waals surface area contributed by atoms with Crippen molar-refractivity contribution in [3.8, 4) is 0 Å². The van der Waals surface area contributed by atoms with Gasteiger partial charge in [-0.25, -0.2) is 0 Å². The van der Waals surface area contributed by atoms with Crippen LogP contribution in [0.4, 0.5) is 0 Å². The molecule has 1 saturated heterocycles. The molecule has 1 N–H and O–H groups in total. The van der Waals surface area contributed by atoms with Crippen LogP contribution in [0.15, 0.2) is 0 Å². The largest absolute Gasteiger partial charge is 0.305 e. The van der Waals surface area contributed by atoms with E-state index in [-0.39, 0.29) is 6.04 Å². The summed E-state index contributed by atoms with van der Waals surface area (Å²) in [6, 6.07) is 0.725. The maximum Gasteiger partial charge on any atom is 0.136 e. The second-order valence-electron chi connectivity index (χ2n) is 2.95. The summed E-state index contributed by atoms with van der Waals surface area (Å²) < 4.78 is 0. The van der Waals surface area contributed by atoms with E-state index in [1.165, 1.54) is 12.8 Å². The SMILES string of the molecule is CCC1CCCC(C=O)N1. The first-order valence-electron chi connectivity index (χ1n) is 4.08. The van der Waals surface area contributed by atoms with Crippen LogP contribution in [-0.2, 0) is 4.79 Å². The van der Waals surface area contributed by atoms with Crippen LogP contribution in [0.1, 0.15) is 32.6 Å². The summed E-state index contributed by atoms with van der Waals surface area (Å²) in [5.74, 6) is 0. The van der Waals surface area contributed by atoms with Gasteiger partial charge in [0.2, 0.25) is 0 Å². The lowest BCUT2D eigenvalue weighted by atomic mass is 9.98. The van der Waals surface area contributed by atoms with Crippen LogP contribution < -0.4 is 5.32 Å². The number of carbonyl (C=O) groups excluding carboxylic acids is 1. The van der Waals surface area contributed by atoms with E-state index >= 15 is 0 Å². The van der Waals surface area contributed by atoms with E-state index in [4.69, 9.17) is 0 Å². The van der Waals surface area contributed by atoms with E-state index in [0.29, 0.717) is 6.04 Å². The van der Waals surface area contributed by atoms with Gasteiger partial charge in [-0.05, 0) is 25.7 Å². The first kappa shape index (κ1) is 7.73. The lowest BCUT2D eigenvalue weighted by Crippen LogP contribution is -2.42. The van der Waals surface area contributed by atoms with Gasteiger partial charge in [-0.2, -0.15) is 0 Å². The fourth-order valence-corrected chi connectivity index (χ4v) is 1.48. The molecular weight excluding hydrogens is 126 g/mol. The minimum absolute atomic E-state index is 0.138. The van der Waals surface area contributed by atoms with Gasteiger partial charge in [0.25, 0.3) is 0 Å². The molecule has 2 unspecified atom stereocenters. The van der Waals surface area contributed by atoms with Crippen LogP contribution in [0.3, 0.4) is 0 Å². The fourth-order valence-electron chi connectivity index (χ4n) is 1.48. The molecule has 0 aliphatic carbocycles. The molecule has 1 aliphatic rings. The van der Waals surface area contributed by atoms with Crippen molar-refractivity contribution in [2.24, 2.45) is 0 Å². The molecule has 0 saturated carbocycles. The minimum Gasteiger partial charge on any atom is -0.305 e. The number of rotatable bonds is 2. The molecular formula is C8H15NO. The standard InChI is InChI=1S/C8H15NO/c1-2-7-4-3-5-8(6-10)9-7/h6-9H,2-5H2,1H3. The molecule has 1 fully saturated rings. The molecule has 10 heavy (non-hydrogen) atoms. The summed E-state index contributed by atoms with van der Waals surface area (Å²) in [4.78, 5) is 10.4. The van der Waals surface area contributed by atoms with Gasteiger partial charge < -0.3 is 10.1 Å². The van der Waals surface area contributed by atoms with Crippen molar-refractivity contribution in [1.29, 1.82) is 0 Å². The predicted molar refractivity (Wildman–Crippen MR) is 40.9 cm³/mol. The highest BCUT2D eigenvalue weighted by Crippen LogP contribution is 2.12. The molecule has 2 atom stereocenters. The van der Waals surface area contributed by atoms with E-state index in [1.54, 1.807) is 0 Å². The van der Waals surface area contributed by atoms with Crippen LogP contribution >= 0.6 is 0 Å². The summed E-state index contributed by atoms with van der Waals surface area (Å²) in [7, 11) is 0. The van der Waals surface area contributed by atoms with Crippen molar-refractivity contribution in [2.75, 3.05) is 0 Å². The van der Waals surface area contributed by atoms with Crippen molar-refractivity contribution in [2.45, 2.75) is 44.7 Å². The van der Waals surface area contributed by atoms with Crippen LogP contribution in [0.5, 0.6) is 0 Å². The van der Waals surface area contributed by atoms with Crippen LogP contribution in [0.2, 0.25) is 0 Å². The highest BCUT2D eigenvalue weighted by molar-refractivity contribution is 5.57. The molecule has 0 amide bonds. The summed E-state index contributed by atoms with van der Waals surface area (Å²) in [5.41, 5.74) is 0. The molecule has 0 aromatic rings. The maximum absolute atomic E-state index is 10.4. The summed E-state index contributed by atoms with van der Waals surface area (Å²) in [5, 5.41) is 3.28. The Bertz CT molecular complexity index is 114. The quantitative estimate of drug-likeness (QED) is 0.583. The van der Waals surface area contributed by atoms with Crippen LogP contribution in [0, 0.1) is 0 Å². The zero-order valence-corrected chi connectivity index (χ0v) is 6.47. The van der Waals surface area contributed by atoms with Gasteiger partial charge in [0.1, 0.15) is 6.29 Å². The molecule has 2 heteroatoms. The number of aldehydes is 1. The van der Waals surface area contributed by atoms with Crippen molar-refractivity contribution in [3.63, 3.8) is 0 Å². The Labute approximate surface area is 62.0 Å². The normalized spacial score (nSPS) is 33.7. The zero-order valence-electron chi connectivity index (χ0n) is 6.47. The van der Waals surface area contributed by atoms with E-state index in [2.05, 4.69) is 12.2 Å². The number of piperidine rings is 1. The van der Waals surface area contributed by atoms with Crippen molar-refractivity contribution < 1.29 is 4.79 Å². The Kier molecular flexibility index (Phi) is 2.87. The van der Waals surface area contributed by atoms with Crippen molar-refractivity contribution >= 4 is 6.29 Å². The van der Waals surface area contributed by atoms with Gasteiger partial charge in [0, 0.05) is 6.04 Å². The highest BCUT2D eigenvalue weighted by atomic mass is 16.1. The molecule has 0 radical (unpaired) electrons. The van der Waals surface area contributed by atoms with Gasteiger partial charge >= 0.3 is 0 Å². The lowest BCUT2D eigenvalue weighted by molar-refractivity contribution is -0.110. The molecule has 1 aliphatic heterocycles. The Balaban J connectivity index is 2.31. The first-order chi connectivity index (χ1) is 4.86. The summed E-state index contributed by atoms with van der Waals surface area (Å²) >= 11 is 0. The Morgan fingerprint density at radius 1 is 1.60 bits per heavy atom. The Hall–Kier alpha value is -0.370. The monoisotopic (exact) mass is 141 g/mol. The molecule has 0 aromatic heterocycles. The van der Waals surface area contributed by atoms with E-state index in [0.717, 1.165) is 19.1 Å². The number of nitrogens with one attached hydrogen (secondary N) is 1. The Morgan fingerprint density at radius 3 is 3.00 bits per heavy atom. The first-order valence-corrected chi connectivity index (χ1v) is 4.08. The topological polar surface area (TPSA) is 29.1 Å². The minimum atomic E-state index is 0.138. The average molecular weight is 141 g/mol. The second-order valence-corrected chi connectivity index (χ2v) is 2.95. The van der Waals surface area contributed by atoms with Gasteiger partial charge in [-0.15, -0.1) is 0 Å². The maximum atomic E-state index is 10.4. The molecule has 1 heterocycles. The lowest BCUT2D eigenvalue weighted by Gasteiger charge is -2.26. The number of hydrogen-bond donors (Lipinski definition) is 1. The Morgan fingerprint density at radius 2 is 2.40 bits per heavy atom. The second kappa shape index (κ2) is 3.71. The summed E-state index contributed by atoms with van der Waals surface area (Å²) in [6.45, 7) is 2.16. The van der Waals surface area contributed by atoms with E-state index < -0.39 is 0 Å². The third-order valence-corrected chi connectivity index (χ3v) is 2.17. The number of hydrogen-bond acceptors (Lipinski definition) is 2. The molecule has 2 nitrogen and oxygen atoms in total. The van der Waals surface area contributed by atoms with Crippen LogP contribution in [0.25, 0.3) is 0 Å². The predicted octanol–water partition coefficient (Wildman–Crippen LogP) is 1.11. The third kappa shape index (κ3) is 1.81. The zero-order chi connectivity index (χ0) is 7.40. The third-order valence-electron chi connectivity index (χ3n) is 2.17.